The Bertz CT molecular complexity index is 911. The van der Waals surface area contributed by atoms with Gasteiger partial charge >= 0.3 is 0 Å². The van der Waals surface area contributed by atoms with Gasteiger partial charge in [-0.25, -0.2) is 0 Å². The molecule has 0 saturated heterocycles. The lowest BCUT2D eigenvalue weighted by Crippen LogP contribution is -2.42. The Hall–Kier alpha value is -3.24. The summed E-state index contributed by atoms with van der Waals surface area (Å²) in [6.07, 6.45) is -0.826. The molecule has 0 bridgehead atoms. The highest BCUT2D eigenvalue weighted by molar-refractivity contribution is 6.31. The summed E-state index contributed by atoms with van der Waals surface area (Å²) in [5.74, 6) is 0.0767. The Morgan fingerprint density at radius 3 is 2.71 bits per heavy atom. The first-order valence-corrected chi connectivity index (χ1v) is 8.77. The van der Waals surface area contributed by atoms with E-state index < -0.39 is 12.0 Å². The molecule has 0 heterocycles. The number of nitrogens with zero attached hydrogens (tertiary/aromatic N) is 2. The predicted molar refractivity (Wildman–Crippen MR) is 106 cm³/mol. The van der Waals surface area contributed by atoms with Gasteiger partial charge in [0, 0.05) is 12.1 Å². The Balaban J connectivity index is 1.96. The third-order valence-corrected chi connectivity index (χ3v) is 4.05. The number of hydrogen-bond acceptors (Lipinski definition) is 5. The number of carbonyl (C=O) groups excluding carboxylic acids is 2. The van der Waals surface area contributed by atoms with Crippen molar-refractivity contribution in [2.45, 2.75) is 13.0 Å². The summed E-state index contributed by atoms with van der Waals surface area (Å²) >= 11 is 5.95. The van der Waals surface area contributed by atoms with Gasteiger partial charge in [-0.15, -0.1) is 0 Å². The molecule has 0 spiro atoms. The first-order valence-electron chi connectivity index (χ1n) is 8.39. The van der Waals surface area contributed by atoms with Crippen LogP contribution in [-0.2, 0) is 9.59 Å². The summed E-state index contributed by atoms with van der Waals surface area (Å²) in [4.78, 5) is 26.0. The number of carbonyl (C=O) groups is 2. The van der Waals surface area contributed by atoms with Crippen molar-refractivity contribution in [1.82, 2.24) is 4.90 Å². The summed E-state index contributed by atoms with van der Waals surface area (Å²) in [7, 11) is 2.98. The van der Waals surface area contributed by atoms with Crippen LogP contribution in [0.4, 0.5) is 5.69 Å². The Morgan fingerprint density at radius 2 is 2.04 bits per heavy atom. The van der Waals surface area contributed by atoms with E-state index in [4.69, 9.17) is 26.3 Å². The van der Waals surface area contributed by atoms with Crippen LogP contribution in [0.5, 0.6) is 11.5 Å². The van der Waals surface area contributed by atoms with Gasteiger partial charge in [0.1, 0.15) is 11.5 Å². The number of halogens is 1. The molecule has 0 fully saturated rings. The van der Waals surface area contributed by atoms with E-state index >= 15 is 0 Å². The smallest absolute Gasteiger partial charge is 0.263 e. The molecule has 0 aliphatic carbocycles. The molecule has 2 aromatic rings. The van der Waals surface area contributed by atoms with Gasteiger partial charge in [0.2, 0.25) is 5.91 Å². The summed E-state index contributed by atoms with van der Waals surface area (Å²) < 4.78 is 10.8. The first-order chi connectivity index (χ1) is 13.3. The van der Waals surface area contributed by atoms with Crippen molar-refractivity contribution in [1.29, 1.82) is 5.26 Å². The van der Waals surface area contributed by atoms with Gasteiger partial charge in [-0.05, 0) is 43.3 Å². The number of nitriles is 1. The highest BCUT2D eigenvalue weighted by atomic mass is 35.5. The normalized spacial score (nSPS) is 11.1. The van der Waals surface area contributed by atoms with Gasteiger partial charge in [-0.2, -0.15) is 5.26 Å². The van der Waals surface area contributed by atoms with Crippen LogP contribution >= 0.6 is 11.6 Å². The molecule has 1 atom stereocenters. The molecule has 7 nitrogen and oxygen atoms in total. The van der Waals surface area contributed by atoms with Gasteiger partial charge in [0.05, 0.1) is 31.0 Å². The monoisotopic (exact) mass is 401 g/mol. The lowest BCUT2D eigenvalue weighted by Gasteiger charge is -2.22. The molecule has 8 heteroatoms. The third-order valence-electron chi connectivity index (χ3n) is 3.82. The molecular weight excluding hydrogens is 382 g/mol. The van der Waals surface area contributed by atoms with Crippen LogP contribution in [0.3, 0.4) is 0 Å². The van der Waals surface area contributed by atoms with Crippen LogP contribution in [-0.4, -0.2) is 43.5 Å². The zero-order valence-electron chi connectivity index (χ0n) is 15.7. The quantitative estimate of drug-likeness (QED) is 0.769. The fraction of sp³-hybridized carbons (Fsp3) is 0.250. The van der Waals surface area contributed by atoms with E-state index in [2.05, 4.69) is 5.32 Å². The maximum absolute atomic E-state index is 12.5. The standard InChI is InChI=1S/C20H20ClN3O4/c1-13(28-16-6-4-5-14(9-16)11-22)20(26)24(2)12-19(25)23-17-10-15(21)7-8-18(17)27-3/h4-10,13H,12H2,1-3H3,(H,23,25). The molecule has 0 saturated carbocycles. The number of rotatable bonds is 7. The Kier molecular flexibility index (Phi) is 7.24. The summed E-state index contributed by atoms with van der Waals surface area (Å²) in [5.41, 5.74) is 0.846. The number of benzene rings is 2. The van der Waals surface area contributed by atoms with E-state index in [1.54, 1.807) is 49.4 Å². The Labute approximate surface area is 168 Å². The van der Waals surface area contributed by atoms with Gasteiger partial charge in [0.15, 0.2) is 6.10 Å². The molecule has 2 rings (SSSR count). The van der Waals surface area contributed by atoms with Gasteiger partial charge in [-0.3, -0.25) is 9.59 Å². The maximum Gasteiger partial charge on any atom is 0.263 e. The number of amides is 2. The highest BCUT2D eigenvalue weighted by Crippen LogP contribution is 2.27. The lowest BCUT2D eigenvalue weighted by molar-refractivity contribution is -0.139. The first kappa shape index (κ1) is 21.1. The topological polar surface area (TPSA) is 91.7 Å². The number of ether oxygens (including phenoxy) is 2. The third kappa shape index (κ3) is 5.63. The molecule has 146 valence electrons. The van der Waals surface area contributed by atoms with Crippen molar-refractivity contribution in [2.75, 3.05) is 26.0 Å². The summed E-state index contributed by atoms with van der Waals surface area (Å²) in [5, 5.41) is 12.0. The SMILES string of the molecule is COc1ccc(Cl)cc1NC(=O)CN(C)C(=O)C(C)Oc1cccc(C#N)c1. The van der Waals surface area contributed by atoms with Crippen LogP contribution in [0, 0.1) is 11.3 Å². The van der Waals surface area contributed by atoms with Gasteiger partial charge < -0.3 is 19.7 Å². The molecular formula is C20H20ClN3O4. The van der Waals surface area contributed by atoms with E-state index in [0.29, 0.717) is 27.8 Å². The summed E-state index contributed by atoms with van der Waals surface area (Å²) in [6.45, 7) is 1.40. The number of methoxy groups -OCH3 is 1. The van der Waals surface area contributed by atoms with E-state index in [1.165, 1.54) is 19.1 Å². The average molecular weight is 402 g/mol. The molecule has 1 N–H and O–H groups in total. The second kappa shape index (κ2) is 9.62. The number of anilines is 1. The van der Waals surface area contributed by atoms with Crippen molar-refractivity contribution < 1.29 is 19.1 Å². The predicted octanol–water partition coefficient (Wildman–Crippen LogP) is 3.08. The molecule has 0 radical (unpaired) electrons. The fourth-order valence-corrected chi connectivity index (χ4v) is 2.64. The fourth-order valence-electron chi connectivity index (χ4n) is 2.46. The van der Waals surface area contributed by atoms with Crippen molar-refractivity contribution in [3.05, 3.63) is 53.1 Å². The second-order valence-corrected chi connectivity index (χ2v) is 6.42. The number of nitrogens with one attached hydrogen (secondary N) is 1. The van der Waals surface area contributed by atoms with Crippen molar-refractivity contribution >= 4 is 29.1 Å². The maximum atomic E-state index is 12.5. The summed E-state index contributed by atoms with van der Waals surface area (Å²) in [6, 6.07) is 13.4. The molecule has 28 heavy (non-hydrogen) atoms. The second-order valence-electron chi connectivity index (χ2n) is 5.99. The molecule has 2 aromatic carbocycles. The minimum absolute atomic E-state index is 0.180. The van der Waals surface area contributed by atoms with Crippen LogP contribution in [0.25, 0.3) is 0 Å². The number of hydrogen-bond donors (Lipinski definition) is 1. The van der Waals surface area contributed by atoms with E-state index in [9.17, 15) is 9.59 Å². The van der Waals surface area contributed by atoms with E-state index in [1.807, 2.05) is 6.07 Å². The number of likely N-dealkylation sites (N-methyl/N-ethyl adjacent to an activating group) is 1. The molecule has 1 unspecified atom stereocenters. The minimum Gasteiger partial charge on any atom is -0.495 e. The zero-order chi connectivity index (χ0) is 20.7. The molecule has 0 aromatic heterocycles. The van der Waals surface area contributed by atoms with E-state index in [-0.39, 0.29) is 12.5 Å². The molecule has 2 amide bonds. The van der Waals surface area contributed by atoms with Crippen LogP contribution in [0.15, 0.2) is 42.5 Å². The van der Waals surface area contributed by atoms with Gasteiger partial charge in [-0.1, -0.05) is 17.7 Å². The van der Waals surface area contributed by atoms with Crippen molar-refractivity contribution in [2.24, 2.45) is 0 Å². The minimum atomic E-state index is -0.826. The molecule has 0 aliphatic rings. The van der Waals surface area contributed by atoms with E-state index in [0.717, 1.165) is 0 Å². The van der Waals surface area contributed by atoms with Crippen molar-refractivity contribution in [3.63, 3.8) is 0 Å². The Morgan fingerprint density at radius 1 is 1.29 bits per heavy atom. The zero-order valence-corrected chi connectivity index (χ0v) is 16.5. The van der Waals surface area contributed by atoms with Crippen LogP contribution in [0.2, 0.25) is 5.02 Å². The van der Waals surface area contributed by atoms with Crippen molar-refractivity contribution in [3.8, 4) is 17.6 Å². The average Bonchev–Trinajstić information content (AvgIpc) is 2.67. The largest absolute Gasteiger partial charge is 0.495 e. The van der Waals surface area contributed by atoms with Crippen LogP contribution < -0.4 is 14.8 Å². The van der Waals surface area contributed by atoms with Crippen LogP contribution in [0.1, 0.15) is 12.5 Å². The highest BCUT2D eigenvalue weighted by Gasteiger charge is 2.21. The van der Waals surface area contributed by atoms with Gasteiger partial charge in [0.25, 0.3) is 5.91 Å². The lowest BCUT2D eigenvalue weighted by atomic mass is 10.2. The molecule has 0 aliphatic heterocycles.